The Bertz CT molecular complexity index is 3170. The average Bonchev–Trinajstić information content (AvgIpc) is 3.86. The monoisotopic (exact) mass is 675 g/mol. The van der Waals surface area contributed by atoms with Crippen LogP contribution < -0.4 is 15.6 Å². The maximum absolute atomic E-state index is 7.02. The maximum Gasteiger partial charge on any atom is 0.430 e. The molecule has 53 heavy (non-hydrogen) atoms. The summed E-state index contributed by atoms with van der Waals surface area (Å²) >= 11 is 0. The molecular formula is C48H30BN3O. The molecule has 5 heteroatoms. The smallest absolute Gasteiger partial charge is 0.430 e. The molecule has 8 aromatic carbocycles. The van der Waals surface area contributed by atoms with Crippen LogP contribution in [0.15, 0.2) is 182 Å². The molecule has 12 rings (SSSR count). The molecule has 0 amide bonds. The first-order chi connectivity index (χ1) is 26.3. The highest BCUT2D eigenvalue weighted by molar-refractivity contribution is 6.84. The molecule has 0 saturated carbocycles. The topological polar surface area (TPSA) is 24.0 Å². The molecule has 0 fully saturated rings. The van der Waals surface area contributed by atoms with E-state index in [0.717, 1.165) is 33.7 Å². The Labute approximate surface area is 305 Å². The fraction of sp³-hybridized carbons (Fsp3) is 0. The van der Waals surface area contributed by atoms with Gasteiger partial charge in [-0.3, -0.25) is 0 Å². The van der Waals surface area contributed by atoms with Crippen molar-refractivity contribution in [2.24, 2.45) is 0 Å². The van der Waals surface area contributed by atoms with Crippen molar-refractivity contribution >= 4 is 83.3 Å². The SMILES string of the molecule is c1ccc(OB2c3ccccc3-n3c4ccc(-n5c6ccccc6c6ccccc65)cc4c4cc(-n5c6ccccc6c6ccccc65)cc2c43)cc1. The van der Waals surface area contributed by atoms with E-state index in [9.17, 15) is 0 Å². The van der Waals surface area contributed by atoms with E-state index in [1.165, 1.54) is 65.4 Å². The minimum absolute atomic E-state index is 0.308. The fourth-order valence-corrected chi connectivity index (χ4v) is 9.11. The summed E-state index contributed by atoms with van der Waals surface area (Å²) in [5.74, 6) is 0.848. The van der Waals surface area contributed by atoms with E-state index in [1.807, 2.05) is 18.2 Å². The van der Waals surface area contributed by atoms with Crippen LogP contribution in [0.1, 0.15) is 0 Å². The van der Waals surface area contributed by atoms with Crippen molar-refractivity contribution in [3.05, 3.63) is 182 Å². The Hall–Kier alpha value is -6.98. The predicted molar refractivity (Wildman–Crippen MR) is 222 cm³/mol. The lowest BCUT2D eigenvalue weighted by molar-refractivity contribution is 0.591. The van der Waals surface area contributed by atoms with Crippen molar-refractivity contribution in [1.82, 2.24) is 13.7 Å². The summed E-state index contributed by atoms with van der Waals surface area (Å²) in [4.78, 5) is 0. The number of benzene rings is 8. The van der Waals surface area contributed by atoms with Gasteiger partial charge in [0.05, 0.1) is 38.8 Å². The van der Waals surface area contributed by atoms with Crippen molar-refractivity contribution in [2.45, 2.75) is 0 Å². The van der Waals surface area contributed by atoms with Gasteiger partial charge in [-0.05, 0) is 83.7 Å². The maximum atomic E-state index is 7.02. The molecule has 0 saturated heterocycles. The number of para-hydroxylation sites is 6. The summed E-state index contributed by atoms with van der Waals surface area (Å²) in [6.45, 7) is -0.308. The zero-order chi connectivity index (χ0) is 34.6. The molecule has 11 aromatic rings. The van der Waals surface area contributed by atoms with Crippen LogP contribution in [0.2, 0.25) is 0 Å². The Morgan fingerprint density at radius 1 is 0.340 bits per heavy atom. The molecule has 0 atom stereocenters. The van der Waals surface area contributed by atoms with Gasteiger partial charge >= 0.3 is 6.92 Å². The van der Waals surface area contributed by atoms with Crippen LogP contribution in [0.4, 0.5) is 0 Å². The quantitative estimate of drug-likeness (QED) is 0.170. The van der Waals surface area contributed by atoms with Crippen LogP contribution in [0.25, 0.3) is 82.5 Å². The third kappa shape index (κ3) is 3.96. The highest BCUT2D eigenvalue weighted by atomic mass is 16.4. The lowest BCUT2D eigenvalue weighted by Crippen LogP contribution is -2.52. The molecule has 3 aromatic heterocycles. The third-order valence-electron chi connectivity index (χ3n) is 11.3. The fourth-order valence-electron chi connectivity index (χ4n) is 9.11. The van der Waals surface area contributed by atoms with E-state index in [-0.39, 0.29) is 6.92 Å². The molecule has 1 aliphatic heterocycles. The molecule has 4 heterocycles. The summed E-state index contributed by atoms with van der Waals surface area (Å²) in [6.07, 6.45) is 0. The summed E-state index contributed by atoms with van der Waals surface area (Å²) in [5.41, 5.74) is 12.8. The lowest BCUT2D eigenvalue weighted by atomic mass is 9.53. The summed E-state index contributed by atoms with van der Waals surface area (Å²) < 4.78 is 14.3. The van der Waals surface area contributed by atoms with Crippen LogP contribution in [-0.4, -0.2) is 20.6 Å². The van der Waals surface area contributed by atoms with Gasteiger partial charge in [0.25, 0.3) is 0 Å². The van der Waals surface area contributed by atoms with Gasteiger partial charge in [0, 0.05) is 49.4 Å². The van der Waals surface area contributed by atoms with Crippen molar-refractivity contribution in [2.75, 3.05) is 0 Å². The van der Waals surface area contributed by atoms with Crippen molar-refractivity contribution in [3.63, 3.8) is 0 Å². The molecule has 0 spiro atoms. The van der Waals surface area contributed by atoms with Crippen LogP contribution in [0, 0.1) is 0 Å². The van der Waals surface area contributed by atoms with Gasteiger partial charge < -0.3 is 18.4 Å². The number of hydrogen-bond donors (Lipinski definition) is 0. The number of nitrogens with zero attached hydrogens (tertiary/aromatic N) is 3. The van der Waals surface area contributed by atoms with E-state index >= 15 is 0 Å². The van der Waals surface area contributed by atoms with Crippen molar-refractivity contribution in [1.29, 1.82) is 0 Å². The van der Waals surface area contributed by atoms with Gasteiger partial charge in [-0.2, -0.15) is 0 Å². The van der Waals surface area contributed by atoms with Crippen LogP contribution >= 0.6 is 0 Å². The Morgan fingerprint density at radius 2 is 0.830 bits per heavy atom. The van der Waals surface area contributed by atoms with E-state index in [0.29, 0.717) is 0 Å². The summed E-state index contributed by atoms with van der Waals surface area (Å²) in [6, 6.07) is 65.7. The number of fused-ring (bicyclic) bond motifs is 11. The molecular weight excluding hydrogens is 645 g/mol. The minimum atomic E-state index is -0.308. The van der Waals surface area contributed by atoms with Gasteiger partial charge in [-0.25, -0.2) is 0 Å². The van der Waals surface area contributed by atoms with Gasteiger partial charge in [0.1, 0.15) is 0 Å². The molecule has 4 nitrogen and oxygen atoms in total. The lowest BCUT2D eigenvalue weighted by Gasteiger charge is -2.27. The Morgan fingerprint density at radius 3 is 1.45 bits per heavy atom. The zero-order valence-corrected chi connectivity index (χ0v) is 28.6. The Balaban J connectivity index is 1.22. The number of aromatic nitrogens is 3. The standard InChI is InChI=1S/C48H30BN3O/c1-2-14-33(15-3-1)53-49-40-20-8-13-25-47(40)52-46-27-26-31(50-42-21-9-4-16-34(42)35-17-5-10-22-43(35)50)28-38(46)39-29-32(30-41(49)48(39)52)51-44-23-11-6-18-36(44)37-19-7-12-24-45(37)51/h1-30H. The molecule has 0 unspecified atom stereocenters. The van der Waals surface area contributed by atoms with Crippen molar-refractivity contribution in [3.8, 4) is 22.8 Å². The number of rotatable bonds is 4. The van der Waals surface area contributed by atoms with Gasteiger partial charge in [-0.1, -0.05) is 109 Å². The first kappa shape index (κ1) is 28.7. The van der Waals surface area contributed by atoms with Gasteiger partial charge in [0.15, 0.2) is 0 Å². The first-order valence-electron chi connectivity index (χ1n) is 18.2. The molecule has 246 valence electrons. The molecule has 0 bridgehead atoms. The van der Waals surface area contributed by atoms with Crippen LogP contribution in [0.5, 0.6) is 5.75 Å². The van der Waals surface area contributed by atoms with E-state index < -0.39 is 0 Å². The molecule has 0 radical (unpaired) electrons. The second-order valence-corrected chi connectivity index (χ2v) is 14.1. The minimum Gasteiger partial charge on any atom is -0.551 e. The summed E-state index contributed by atoms with van der Waals surface area (Å²) in [5, 5.41) is 7.42. The molecule has 0 N–H and O–H groups in total. The second kappa shape index (κ2) is 10.8. The number of hydrogen-bond acceptors (Lipinski definition) is 1. The van der Waals surface area contributed by atoms with Crippen molar-refractivity contribution < 1.29 is 4.65 Å². The molecule has 1 aliphatic rings. The summed E-state index contributed by atoms with van der Waals surface area (Å²) in [7, 11) is 0. The average molecular weight is 676 g/mol. The predicted octanol–water partition coefficient (Wildman–Crippen LogP) is 10.5. The third-order valence-corrected chi connectivity index (χ3v) is 11.3. The Kier molecular flexibility index (Phi) is 5.83. The van der Waals surface area contributed by atoms with Gasteiger partial charge in [0.2, 0.25) is 0 Å². The zero-order valence-electron chi connectivity index (χ0n) is 28.6. The van der Waals surface area contributed by atoms with Gasteiger partial charge in [-0.15, -0.1) is 0 Å². The normalized spacial score (nSPS) is 12.5. The molecule has 0 aliphatic carbocycles. The largest absolute Gasteiger partial charge is 0.551 e. The highest BCUT2D eigenvalue weighted by Crippen LogP contribution is 2.40. The van der Waals surface area contributed by atoms with Crippen LogP contribution in [-0.2, 0) is 0 Å². The van der Waals surface area contributed by atoms with E-state index in [4.69, 9.17) is 4.65 Å². The van der Waals surface area contributed by atoms with E-state index in [2.05, 4.69) is 177 Å². The van der Waals surface area contributed by atoms with E-state index in [1.54, 1.807) is 0 Å². The second-order valence-electron chi connectivity index (χ2n) is 14.1. The highest BCUT2D eigenvalue weighted by Gasteiger charge is 2.36. The first-order valence-corrected chi connectivity index (χ1v) is 18.2. The van der Waals surface area contributed by atoms with Crippen LogP contribution in [0.3, 0.4) is 0 Å².